The van der Waals surface area contributed by atoms with Crippen molar-refractivity contribution in [3.05, 3.63) is 57.8 Å². The van der Waals surface area contributed by atoms with Crippen molar-refractivity contribution < 1.29 is 0 Å². The molecule has 0 spiro atoms. The topological polar surface area (TPSA) is 26.0 Å². The van der Waals surface area contributed by atoms with Crippen molar-refractivity contribution in [2.45, 2.75) is 45.1 Å². The summed E-state index contributed by atoms with van der Waals surface area (Å²) in [5.41, 5.74) is 9.23. The van der Waals surface area contributed by atoms with Crippen LogP contribution < -0.4 is 5.73 Å². The van der Waals surface area contributed by atoms with Crippen LogP contribution in [0.4, 0.5) is 0 Å². The summed E-state index contributed by atoms with van der Waals surface area (Å²) in [6, 6.07) is 13.0. The second kappa shape index (κ2) is 5.89. The fourth-order valence-corrected chi connectivity index (χ4v) is 3.14. The van der Waals surface area contributed by atoms with E-state index in [-0.39, 0.29) is 11.5 Å². The van der Waals surface area contributed by atoms with Crippen LogP contribution in [0.2, 0.25) is 0 Å². The molecule has 2 N–H and O–H groups in total. The number of aryl methyl sites for hydroxylation is 1. The number of rotatable bonds is 4. The molecule has 19 heavy (non-hydrogen) atoms. The molecule has 1 aromatic heterocycles. The van der Waals surface area contributed by atoms with E-state index in [4.69, 9.17) is 5.73 Å². The number of hydrogen-bond donors (Lipinski definition) is 1. The van der Waals surface area contributed by atoms with Crippen molar-refractivity contribution in [1.82, 2.24) is 0 Å². The standard InChI is InChI=1S/C17H23NS/c1-17(2,3)15-9-5-4-8-14(15)16(18)11-10-13-7-6-12-19-13/h4-9,12,16H,10-11,18H2,1-3H3. The third-order valence-corrected chi connectivity index (χ3v) is 4.39. The van der Waals surface area contributed by atoms with Gasteiger partial charge in [0.25, 0.3) is 0 Å². The molecule has 0 fully saturated rings. The van der Waals surface area contributed by atoms with Crippen molar-refractivity contribution in [2.75, 3.05) is 0 Å². The quantitative estimate of drug-likeness (QED) is 0.860. The SMILES string of the molecule is CC(C)(C)c1ccccc1C(N)CCc1cccs1. The van der Waals surface area contributed by atoms with Crippen molar-refractivity contribution in [3.8, 4) is 0 Å². The van der Waals surface area contributed by atoms with Gasteiger partial charge in [-0.25, -0.2) is 0 Å². The first-order valence-electron chi connectivity index (χ1n) is 6.86. The molecule has 2 aromatic rings. The Morgan fingerprint density at radius 2 is 1.84 bits per heavy atom. The highest BCUT2D eigenvalue weighted by molar-refractivity contribution is 7.09. The average molecular weight is 273 g/mol. The minimum absolute atomic E-state index is 0.123. The smallest absolute Gasteiger partial charge is 0.0301 e. The molecule has 0 aliphatic carbocycles. The molecule has 0 bridgehead atoms. The van der Waals surface area contributed by atoms with Crippen molar-refractivity contribution >= 4 is 11.3 Å². The minimum Gasteiger partial charge on any atom is -0.324 e. The Morgan fingerprint density at radius 1 is 1.11 bits per heavy atom. The maximum absolute atomic E-state index is 6.41. The monoisotopic (exact) mass is 273 g/mol. The largest absolute Gasteiger partial charge is 0.324 e. The normalized spacial score (nSPS) is 13.5. The van der Waals surface area contributed by atoms with Crippen LogP contribution in [0.1, 0.15) is 49.2 Å². The molecule has 2 heteroatoms. The van der Waals surface area contributed by atoms with Gasteiger partial charge in [-0.15, -0.1) is 11.3 Å². The van der Waals surface area contributed by atoms with Gasteiger partial charge >= 0.3 is 0 Å². The number of thiophene rings is 1. The summed E-state index contributed by atoms with van der Waals surface area (Å²) in [4.78, 5) is 1.42. The highest BCUT2D eigenvalue weighted by Gasteiger charge is 2.20. The second-order valence-corrected chi connectivity index (χ2v) is 7.09. The maximum Gasteiger partial charge on any atom is 0.0301 e. The van der Waals surface area contributed by atoms with E-state index in [9.17, 15) is 0 Å². The average Bonchev–Trinajstić information content (AvgIpc) is 2.88. The Hall–Kier alpha value is -1.12. The van der Waals surface area contributed by atoms with Crippen molar-refractivity contribution in [3.63, 3.8) is 0 Å². The van der Waals surface area contributed by atoms with Gasteiger partial charge in [-0.3, -0.25) is 0 Å². The summed E-state index contributed by atoms with van der Waals surface area (Å²) in [7, 11) is 0. The zero-order valence-electron chi connectivity index (χ0n) is 12.0. The van der Waals surface area contributed by atoms with Gasteiger partial charge in [0, 0.05) is 10.9 Å². The van der Waals surface area contributed by atoms with E-state index in [1.807, 2.05) is 11.3 Å². The van der Waals surface area contributed by atoms with Gasteiger partial charge in [-0.2, -0.15) is 0 Å². The van der Waals surface area contributed by atoms with Crippen LogP contribution in [0.3, 0.4) is 0 Å². The first-order valence-corrected chi connectivity index (χ1v) is 7.74. The molecule has 1 heterocycles. The third kappa shape index (κ3) is 3.68. The Morgan fingerprint density at radius 3 is 2.47 bits per heavy atom. The zero-order valence-corrected chi connectivity index (χ0v) is 12.8. The van der Waals surface area contributed by atoms with E-state index < -0.39 is 0 Å². The van der Waals surface area contributed by atoms with Gasteiger partial charge in [0.15, 0.2) is 0 Å². The predicted octanol–water partition coefficient (Wildman–Crippen LogP) is 4.68. The van der Waals surface area contributed by atoms with Crippen LogP contribution >= 0.6 is 11.3 Å². The second-order valence-electron chi connectivity index (χ2n) is 6.06. The number of benzene rings is 1. The number of nitrogens with two attached hydrogens (primary N) is 1. The fourth-order valence-electron chi connectivity index (χ4n) is 2.41. The molecule has 0 amide bonds. The highest BCUT2D eigenvalue weighted by Crippen LogP contribution is 2.30. The summed E-state index contributed by atoms with van der Waals surface area (Å²) < 4.78 is 0. The van der Waals surface area contributed by atoms with Crippen LogP contribution in [0, 0.1) is 0 Å². The predicted molar refractivity (Wildman–Crippen MR) is 84.7 cm³/mol. The van der Waals surface area contributed by atoms with E-state index in [0.717, 1.165) is 12.8 Å². The van der Waals surface area contributed by atoms with Crippen LogP contribution in [0.25, 0.3) is 0 Å². The van der Waals surface area contributed by atoms with E-state index in [0.29, 0.717) is 0 Å². The lowest BCUT2D eigenvalue weighted by Gasteiger charge is -2.25. The zero-order chi connectivity index (χ0) is 13.9. The van der Waals surface area contributed by atoms with Crippen molar-refractivity contribution in [2.24, 2.45) is 5.73 Å². The first-order chi connectivity index (χ1) is 8.98. The van der Waals surface area contributed by atoms with E-state index in [2.05, 4.69) is 62.5 Å². The highest BCUT2D eigenvalue weighted by atomic mass is 32.1. The Kier molecular flexibility index (Phi) is 4.43. The van der Waals surface area contributed by atoms with Crippen LogP contribution in [-0.2, 0) is 11.8 Å². The molecule has 0 saturated heterocycles. The summed E-state index contributed by atoms with van der Waals surface area (Å²) in [6.45, 7) is 6.74. The molecular formula is C17H23NS. The van der Waals surface area contributed by atoms with Gasteiger partial charge < -0.3 is 5.73 Å². The van der Waals surface area contributed by atoms with Crippen LogP contribution in [0.5, 0.6) is 0 Å². The van der Waals surface area contributed by atoms with Crippen LogP contribution in [0.15, 0.2) is 41.8 Å². The van der Waals surface area contributed by atoms with Gasteiger partial charge in [0.05, 0.1) is 0 Å². The van der Waals surface area contributed by atoms with E-state index in [1.165, 1.54) is 16.0 Å². The third-order valence-electron chi connectivity index (χ3n) is 3.45. The molecule has 0 aliphatic heterocycles. The Balaban J connectivity index is 2.12. The maximum atomic E-state index is 6.41. The summed E-state index contributed by atoms with van der Waals surface area (Å²) in [5, 5.41) is 2.13. The summed E-state index contributed by atoms with van der Waals surface area (Å²) in [5.74, 6) is 0. The van der Waals surface area contributed by atoms with E-state index >= 15 is 0 Å². The van der Waals surface area contributed by atoms with Gasteiger partial charge in [-0.05, 0) is 40.8 Å². The molecule has 0 radical (unpaired) electrons. The molecule has 1 aromatic carbocycles. The molecule has 1 unspecified atom stereocenters. The molecule has 1 nitrogen and oxygen atoms in total. The Labute approximate surface area is 120 Å². The van der Waals surface area contributed by atoms with Crippen molar-refractivity contribution in [1.29, 1.82) is 0 Å². The summed E-state index contributed by atoms with van der Waals surface area (Å²) >= 11 is 1.81. The van der Waals surface area contributed by atoms with Crippen LogP contribution in [-0.4, -0.2) is 0 Å². The lowest BCUT2D eigenvalue weighted by molar-refractivity contribution is 0.560. The van der Waals surface area contributed by atoms with E-state index in [1.54, 1.807) is 0 Å². The summed E-state index contributed by atoms with van der Waals surface area (Å²) in [6.07, 6.45) is 2.07. The lowest BCUT2D eigenvalue weighted by Crippen LogP contribution is -2.20. The molecule has 102 valence electrons. The van der Waals surface area contributed by atoms with Gasteiger partial charge in [0.2, 0.25) is 0 Å². The molecule has 0 aliphatic rings. The Bertz CT molecular complexity index is 508. The molecule has 1 atom stereocenters. The molecule has 0 saturated carbocycles. The number of hydrogen-bond acceptors (Lipinski definition) is 2. The molecule has 2 rings (SSSR count). The first kappa shape index (κ1) is 14.3. The van der Waals surface area contributed by atoms with Gasteiger partial charge in [-0.1, -0.05) is 51.1 Å². The minimum atomic E-state index is 0.123. The lowest BCUT2D eigenvalue weighted by atomic mass is 9.81. The fraction of sp³-hybridized carbons (Fsp3) is 0.412. The molecular weight excluding hydrogens is 250 g/mol. The van der Waals surface area contributed by atoms with Gasteiger partial charge in [0.1, 0.15) is 0 Å².